The normalized spacial score (nSPS) is 20.5. The lowest BCUT2D eigenvalue weighted by Gasteiger charge is -2.28. The van der Waals surface area contributed by atoms with Crippen LogP contribution in [0, 0.1) is 5.92 Å². The topological polar surface area (TPSA) is 193 Å². The number of nitrogens with one attached hydrogen (secondary N) is 5. The lowest BCUT2D eigenvalue weighted by atomic mass is 10.0. The molecule has 16 heteroatoms. The van der Waals surface area contributed by atoms with E-state index in [1.54, 1.807) is 30.9 Å². The smallest absolute Gasteiger partial charge is 0.271 e. The van der Waals surface area contributed by atoms with Crippen LogP contribution < -0.4 is 16.0 Å². The molecule has 0 fully saturated rings. The van der Waals surface area contributed by atoms with Crippen LogP contribution in [0.15, 0.2) is 54.3 Å². The summed E-state index contributed by atoms with van der Waals surface area (Å²) in [7, 11) is 3.01. The van der Waals surface area contributed by atoms with Crippen molar-refractivity contribution in [1.82, 2.24) is 45.6 Å². The summed E-state index contributed by atoms with van der Waals surface area (Å²) < 4.78 is 0. The number of fused-ring (bicyclic) bond motifs is 3. The van der Waals surface area contributed by atoms with Gasteiger partial charge in [-0.15, -0.1) is 11.3 Å². The van der Waals surface area contributed by atoms with Crippen LogP contribution >= 0.6 is 11.3 Å². The van der Waals surface area contributed by atoms with Crippen molar-refractivity contribution in [3.63, 3.8) is 0 Å². The van der Waals surface area contributed by atoms with E-state index in [4.69, 9.17) is 0 Å². The molecule has 0 aliphatic carbocycles. The van der Waals surface area contributed by atoms with E-state index in [0.717, 1.165) is 16.5 Å². The van der Waals surface area contributed by atoms with Gasteiger partial charge in [-0.2, -0.15) is 0 Å². The van der Waals surface area contributed by atoms with Gasteiger partial charge < -0.3 is 40.6 Å². The summed E-state index contributed by atoms with van der Waals surface area (Å²) >= 11 is 1.21. The second-order valence-corrected chi connectivity index (χ2v) is 14.4. The number of amides is 6. The van der Waals surface area contributed by atoms with E-state index in [1.165, 1.54) is 46.2 Å². The molecule has 0 saturated carbocycles. The van der Waals surface area contributed by atoms with Gasteiger partial charge in [0.25, 0.3) is 11.8 Å². The molecule has 4 heterocycles. The molecule has 52 heavy (non-hydrogen) atoms. The maximum atomic E-state index is 13.9. The van der Waals surface area contributed by atoms with Gasteiger partial charge >= 0.3 is 0 Å². The Kier molecular flexibility index (Phi) is 12.1. The van der Waals surface area contributed by atoms with E-state index in [0.29, 0.717) is 17.0 Å². The third-order valence-electron chi connectivity index (χ3n) is 8.85. The van der Waals surface area contributed by atoms with Gasteiger partial charge in [-0.1, -0.05) is 32.0 Å². The molecule has 6 amide bonds. The standard InChI is InChI=1S/C36H45N9O6S/c1-21(2)14-27-33-42-29(20-52-33)32(48)41-28(15-24-17-38-26-9-7-6-8-25(24)26)36(51)44(5)18-30(46)39-22(3)34(49)43(4)12-13-45(19-31(47)40-27)35(50)23-10-11-37-16-23/h6-11,16-17,20-22,27-28,37-38H,12-15,18-19H2,1-5H3,(H,39,46)(H,40,47)(H,41,48)/t22-,27-,28+/m0/s1. The third-order valence-corrected chi connectivity index (χ3v) is 9.81. The molecule has 1 aromatic carbocycles. The Morgan fingerprint density at radius 1 is 0.904 bits per heavy atom. The molecule has 5 rings (SSSR count). The Morgan fingerprint density at radius 3 is 2.38 bits per heavy atom. The van der Waals surface area contributed by atoms with Gasteiger partial charge in [0.05, 0.1) is 24.7 Å². The van der Waals surface area contributed by atoms with Crippen LogP contribution in [0.25, 0.3) is 10.9 Å². The highest BCUT2D eigenvalue weighted by atomic mass is 32.1. The number of carbonyl (C=O) groups is 6. The van der Waals surface area contributed by atoms with Crippen LogP contribution in [-0.4, -0.2) is 117 Å². The highest BCUT2D eigenvalue weighted by Gasteiger charge is 2.30. The first kappa shape index (κ1) is 37.7. The van der Waals surface area contributed by atoms with Crippen molar-refractivity contribution in [2.24, 2.45) is 5.92 Å². The lowest BCUT2D eigenvalue weighted by molar-refractivity contribution is -0.138. The fourth-order valence-corrected chi connectivity index (χ4v) is 6.99. The molecule has 3 aromatic heterocycles. The number of benzene rings is 1. The first-order valence-corrected chi connectivity index (χ1v) is 18.0. The average Bonchev–Trinajstić information content (AvgIpc) is 3.90. The molecule has 0 spiro atoms. The predicted octanol–water partition coefficient (Wildman–Crippen LogP) is 2.07. The molecular weight excluding hydrogens is 687 g/mol. The maximum absolute atomic E-state index is 13.9. The van der Waals surface area contributed by atoms with Gasteiger partial charge in [-0.25, -0.2) is 4.98 Å². The van der Waals surface area contributed by atoms with Crippen LogP contribution in [0.5, 0.6) is 0 Å². The Bertz CT molecular complexity index is 1920. The van der Waals surface area contributed by atoms with Crippen molar-refractivity contribution in [2.45, 2.75) is 51.7 Å². The minimum absolute atomic E-state index is 0.0335. The summed E-state index contributed by atoms with van der Waals surface area (Å²) in [4.78, 5) is 95.6. The second kappa shape index (κ2) is 16.7. The molecule has 4 aromatic rings. The second-order valence-electron chi connectivity index (χ2n) is 13.5. The summed E-state index contributed by atoms with van der Waals surface area (Å²) in [6.07, 6.45) is 5.55. The summed E-state index contributed by atoms with van der Waals surface area (Å²) in [5.41, 5.74) is 2.09. The number of hydrogen-bond acceptors (Lipinski definition) is 8. The molecule has 2 bridgehead atoms. The predicted molar refractivity (Wildman–Crippen MR) is 195 cm³/mol. The van der Waals surface area contributed by atoms with Gasteiger partial charge in [0.2, 0.25) is 23.6 Å². The van der Waals surface area contributed by atoms with Gasteiger partial charge in [0, 0.05) is 68.5 Å². The van der Waals surface area contributed by atoms with Crippen molar-refractivity contribution in [2.75, 3.05) is 40.3 Å². The van der Waals surface area contributed by atoms with Crippen molar-refractivity contribution in [1.29, 1.82) is 0 Å². The average molecular weight is 732 g/mol. The fraction of sp³-hybridized carbons (Fsp3) is 0.417. The highest BCUT2D eigenvalue weighted by molar-refractivity contribution is 7.09. The van der Waals surface area contributed by atoms with Crippen LogP contribution in [0.2, 0.25) is 0 Å². The van der Waals surface area contributed by atoms with Crippen molar-refractivity contribution in [3.8, 4) is 0 Å². The van der Waals surface area contributed by atoms with Crippen LogP contribution in [0.4, 0.5) is 0 Å². The zero-order chi connectivity index (χ0) is 37.5. The summed E-state index contributed by atoms with van der Waals surface area (Å²) in [5.74, 6) is -2.80. The number of carbonyl (C=O) groups excluding carboxylic acids is 6. The SMILES string of the molecule is CC(C)C[C@@H]1NC(=O)CN(C(=O)c2cc[nH]c2)CCN(C)C(=O)[C@H](C)NC(=O)CN(C)C(=O)[C@@H](Cc2c[nH]c3ccccc23)NC(=O)c2csc1n2. The van der Waals surface area contributed by atoms with Crippen LogP contribution in [0.1, 0.15) is 64.7 Å². The zero-order valence-electron chi connectivity index (χ0n) is 29.9. The summed E-state index contributed by atoms with van der Waals surface area (Å²) in [6, 6.07) is 6.62. The molecule has 0 saturated heterocycles. The minimum atomic E-state index is -1.07. The Balaban J connectivity index is 1.46. The third kappa shape index (κ3) is 9.23. The molecule has 15 nitrogen and oxygen atoms in total. The van der Waals surface area contributed by atoms with E-state index >= 15 is 0 Å². The monoisotopic (exact) mass is 731 g/mol. The van der Waals surface area contributed by atoms with E-state index in [1.807, 2.05) is 38.1 Å². The summed E-state index contributed by atoms with van der Waals surface area (Å²) in [6.45, 7) is 4.97. The molecule has 276 valence electrons. The molecule has 5 N–H and O–H groups in total. The number of H-pyrrole nitrogens is 2. The first-order valence-electron chi connectivity index (χ1n) is 17.1. The van der Waals surface area contributed by atoms with Crippen LogP contribution in [-0.2, 0) is 25.6 Å². The number of hydrogen-bond donors (Lipinski definition) is 5. The largest absolute Gasteiger partial charge is 0.367 e. The molecule has 0 unspecified atom stereocenters. The minimum Gasteiger partial charge on any atom is -0.367 e. The van der Waals surface area contributed by atoms with E-state index in [-0.39, 0.29) is 44.2 Å². The number of rotatable bonds is 5. The van der Waals surface area contributed by atoms with Crippen molar-refractivity contribution in [3.05, 3.63) is 76.1 Å². The molecule has 3 atom stereocenters. The van der Waals surface area contributed by atoms with E-state index in [2.05, 4.69) is 30.9 Å². The Hall–Kier alpha value is -5.51. The number of likely N-dealkylation sites (N-methyl/N-ethyl adjacent to an activating group) is 2. The number of aromatic amines is 2. The fourth-order valence-electron chi connectivity index (χ4n) is 6.12. The molecule has 1 aliphatic rings. The summed E-state index contributed by atoms with van der Waals surface area (Å²) in [5, 5.41) is 11.4. The number of aromatic nitrogens is 3. The Labute approximate surface area is 305 Å². The number of nitrogens with zero attached hydrogens (tertiary/aromatic N) is 4. The van der Waals surface area contributed by atoms with Crippen LogP contribution in [0.3, 0.4) is 0 Å². The van der Waals surface area contributed by atoms with Gasteiger partial charge in [0.15, 0.2) is 0 Å². The van der Waals surface area contributed by atoms with Gasteiger partial charge in [0.1, 0.15) is 22.8 Å². The number of thiazole rings is 1. The maximum Gasteiger partial charge on any atom is 0.271 e. The van der Waals surface area contributed by atoms with Gasteiger partial charge in [-0.05, 0) is 37.0 Å². The highest BCUT2D eigenvalue weighted by Crippen LogP contribution is 2.25. The lowest BCUT2D eigenvalue weighted by Crippen LogP contribution is -2.53. The van der Waals surface area contributed by atoms with E-state index in [9.17, 15) is 28.8 Å². The van der Waals surface area contributed by atoms with Crippen molar-refractivity contribution >= 4 is 57.7 Å². The molecule has 1 aliphatic heterocycles. The first-order chi connectivity index (χ1) is 24.8. The zero-order valence-corrected chi connectivity index (χ0v) is 30.7. The van der Waals surface area contributed by atoms with Gasteiger partial charge in [-0.3, -0.25) is 28.8 Å². The van der Waals surface area contributed by atoms with Crippen molar-refractivity contribution < 1.29 is 28.8 Å². The number of para-hydroxylation sites is 1. The quantitative estimate of drug-likeness (QED) is 0.207. The van der Waals surface area contributed by atoms with E-state index < -0.39 is 53.6 Å². The molecule has 0 radical (unpaired) electrons. The Morgan fingerprint density at radius 2 is 1.65 bits per heavy atom. The molecular formula is C36H45N9O6S.